The number of fused-ring (bicyclic) bond motifs is 1. The molecule has 27 heavy (non-hydrogen) atoms. The maximum atomic E-state index is 12.2. The van der Waals surface area contributed by atoms with E-state index >= 15 is 0 Å². The molecule has 2 heterocycles. The van der Waals surface area contributed by atoms with E-state index in [0.717, 1.165) is 11.1 Å². The van der Waals surface area contributed by atoms with E-state index in [9.17, 15) is 9.59 Å². The Morgan fingerprint density at radius 3 is 2.59 bits per heavy atom. The zero-order valence-corrected chi connectivity index (χ0v) is 14.5. The summed E-state index contributed by atoms with van der Waals surface area (Å²) in [6.07, 6.45) is 3.66. The second-order valence-corrected chi connectivity index (χ2v) is 6.22. The van der Waals surface area contributed by atoms with Crippen LogP contribution in [0.25, 0.3) is 11.1 Å². The molecule has 0 bridgehead atoms. The smallest absolute Gasteiger partial charge is 0.408 e. The van der Waals surface area contributed by atoms with Gasteiger partial charge in [0.2, 0.25) is 5.91 Å². The summed E-state index contributed by atoms with van der Waals surface area (Å²) in [5.74, 6) is -0.779. The van der Waals surface area contributed by atoms with Crippen molar-refractivity contribution in [1.82, 2.24) is 19.7 Å². The maximum Gasteiger partial charge on any atom is 0.420 e. The van der Waals surface area contributed by atoms with Crippen molar-refractivity contribution >= 4 is 17.0 Å². The summed E-state index contributed by atoms with van der Waals surface area (Å²) in [5, 5.41) is 7.02. The van der Waals surface area contributed by atoms with Gasteiger partial charge in [0.15, 0.2) is 5.58 Å². The van der Waals surface area contributed by atoms with Crippen molar-refractivity contribution in [3.8, 4) is 0 Å². The molecule has 0 aliphatic heterocycles. The van der Waals surface area contributed by atoms with E-state index in [4.69, 9.17) is 4.42 Å². The first-order chi connectivity index (χ1) is 13.2. The van der Waals surface area contributed by atoms with Gasteiger partial charge >= 0.3 is 5.76 Å². The van der Waals surface area contributed by atoms with Crippen molar-refractivity contribution in [2.75, 3.05) is 0 Å². The van der Waals surface area contributed by atoms with Gasteiger partial charge in [-0.15, -0.1) is 0 Å². The number of nitrogens with zero attached hydrogens (tertiary/aromatic N) is 3. The molecule has 0 unspecified atom stereocenters. The van der Waals surface area contributed by atoms with Crippen LogP contribution in [0.15, 0.2) is 76.2 Å². The van der Waals surface area contributed by atoms with Crippen molar-refractivity contribution in [1.29, 1.82) is 0 Å². The quantitative estimate of drug-likeness (QED) is 0.570. The first-order valence-corrected chi connectivity index (χ1v) is 8.59. The average Bonchev–Trinajstić information content (AvgIpc) is 3.29. The van der Waals surface area contributed by atoms with Crippen LogP contribution < -0.4 is 11.1 Å². The number of carbonyl (C=O) groups excluding carboxylic acids is 1. The predicted molar refractivity (Wildman–Crippen MR) is 100 cm³/mol. The molecule has 4 rings (SSSR count). The van der Waals surface area contributed by atoms with E-state index in [1.807, 2.05) is 41.2 Å². The molecule has 4 aromatic rings. The van der Waals surface area contributed by atoms with Gasteiger partial charge in [-0.2, -0.15) is 5.10 Å². The first kappa shape index (κ1) is 16.8. The minimum absolute atomic E-state index is 0.0762. The Balaban J connectivity index is 1.36. The van der Waals surface area contributed by atoms with Crippen LogP contribution in [-0.2, 0) is 24.4 Å². The second kappa shape index (κ2) is 7.33. The Bertz CT molecular complexity index is 1110. The lowest BCUT2D eigenvalue weighted by molar-refractivity contribution is -0.121. The standard InChI is InChI=1S/C20H18N4O3/c25-19(14-24-17-4-1-2-5-18(17)27-20(24)26)21-12-15-6-8-16(9-7-15)13-23-11-3-10-22-23/h1-11H,12-14H2,(H,21,25). The number of hydrogen-bond donors (Lipinski definition) is 1. The van der Waals surface area contributed by atoms with E-state index in [1.54, 1.807) is 30.5 Å². The number of carbonyl (C=O) groups is 1. The lowest BCUT2D eigenvalue weighted by Gasteiger charge is -2.07. The second-order valence-electron chi connectivity index (χ2n) is 6.22. The summed E-state index contributed by atoms with van der Waals surface area (Å²) in [6.45, 7) is 1.02. The van der Waals surface area contributed by atoms with Gasteiger partial charge in [0.05, 0.1) is 12.1 Å². The number of rotatable bonds is 6. The van der Waals surface area contributed by atoms with Gasteiger partial charge in [-0.1, -0.05) is 36.4 Å². The molecule has 0 spiro atoms. The topological polar surface area (TPSA) is 82.1 Å². The third kappa shape index (κ3) is 3.82. The van der Waals surface area contributed by atoms with Crippen LogP contribution in [0.1, 0.15) is 11.1 Å². The van der Waals surface area contributed by atoms with Crippen LogP contribution in [0.2, 0.25) is 0 Å². The molecule has 1 amide bonds. The molecule has 136 valence electrons. The number of hydrogen-bond acceptors (Lipinski definition) is 4. The highest BCUT2D eigenvalue weighted by Crippen LogP contribution is 2.11. The van der Waals surface area contributed by atoms with E-state index in [2.05, 4.69) is 10.4 Å². The highest BCUT2D eigenvalue weighted by molar-refractivity contribution is 5.79. The molecule has 2 aromatic carbocycles. The molecular weight excluding hydrogens is 344 g/mol. The van der Waals surface area contributed by atoms with Crippen molar-refractivity contribution in [2.45, 2.75) is 19.6 Å². The van der Waals surface area contributed by atoms with Crippen molar-refractivity contribution in [3.05, 3.63) is 88.7 Å². The summed E-state index contributed by atoms with van der Waals surface area (Å²) in [5.41, 5.74) is 3.20. The van der Waals surface area contributed by atoms with Gasteiger partial charge in [0, 0.05) is 18.9 Å². The highest BCUT2D eigenvalue weighted by atomic mass is 16.4. The van der Waals surface area contributed by atoms with Crippen molar-refractivity contribution in [2.24, 2.45) is 0 Å². The van der Waals surface area contributed by atoms with E-state index in [1.165, 1.54) is 4.57 Å². The molecule has 0 aliphatic rings. The Hall–Kier alpha value is -3.61. The lowest BCUT2D eigenvalue weighted by atomic mass is 10.1. The molecule has 0 aliphatic carbocycles. The van der Waals surface area contributed by atoms with Crippen LogP contribution in [0.5, 0.6) is 0 Å². The van der Waals surface area contributed by atoms with Crippen LogP contribution >= 0.6 is 0 Å². The lowest BCUT2D eigenvalue weighted by Crippen LogP contribution is -2.30. The highest BCUT2D eigenvalue weighted by Gasteiger charge is 2.12. The molecule has 2 aromatic heterocycles. The molecular formula is C20H18N4O3. The number of para-hydroxylation sites is 2. The number of aromatic nitrogens is 3. The monoisotopic (exact) mass is 362 g/mol. The zero-order chi connectivity index (χ0) is 18.6. The van der Waals surface area contributed by atoms with Gasteiger partial charge in [-0.25, -0.2) is 4.79 Å². The maximum absolute atomic E-state index is 12.2. The van der Waals surface area contributed by atoms with Crippen LogP contribution in [-0.4, -0.2) is 20.3 Å². The van der Waals surface area contributed by atoms with E-state index < -0.39 is 5.76 Å². The number of oxazole rings is 1. The Morgan fingerprint density at radius 1 is 1.04 bits per heavy atom. The Labute approximate surface area is 154 Å². The molecule has 0 radical (unpaired) electrons. The SMILES string of the molecule is O=C(Cn1c(=O)oc2ccccc21)NCc1ccc(Cn2cccn2)cc1. The van der Waals surface area contributed by atoms with Gasteiger partial charge in [0.25, 0.3) is 0 Å². The molecule has 1 N–H and O–H groups in total. The number of nitrogens with one attached hydrogen (secondary N) is 1. The molecule has 0 fully saturated rings. The Kier molecular flexibility index (Phi) is 4.57. The number of benzene rings is 2. The Morgan fingerprint density at radius 2 is 1.81 bits per heavy atom. The van der Waals surface area contributed by atoms with Crippen molar-refractivity contribution in [3.63, 3.8) is 0 Å². The van der Waals surface area contributed by atoms with Gasteiger partial charge < -0.3 is 9.73 Å². The summed E-state index contributed by atoms with van der Waals surface area (Å²) < 4.78 is 8.32. The fourth-order valence-electron chi connectivity index (χ4n) is 2.91. The minimum Gasteiger partial charge on any atom is -0.408 e. The first-order valence-electron chi connectivity index (χ1n) is 8.59. The summed E-state index contributed by atoms with van der Waals surface area (Å²) in [4.78, 5) is 24.2. The van der Waals surface area contributed by atoms with Crippen LogP contribution in [0, 0.1) is 0 Å². The van der Waals surface area contributed by atoms with Crippen LogP contribution in [0.4, 0.5) is 0 Å². The fraction of sp³-hybridized carbons (Fsp3) is 0.150. The summed E-state index contributed by atoms with van der Waals surface area (Å²) >= 11 is 0. The predicted octanol–water partition coefficient (Wildman–Crippen LogP) is 2.16. The van der Waals surface area contributed by atoms with Crippen LogP contribution in [0.3, 0.4) is 0 Å². The molecule has 7 heteroatoms. The van der Waals surface area contributed by atoms with E-state index in [-0.39, 0.29) is 12.5 Å². The number of amides is 1. The minimum atomic E-state index is -0.533. The molecule has 0 saturated heterocycles. The van der Waals surface area contributed by atoms with Gasteiger partial charge in [-0.05, 0) is 29.3 Å². The van der Waals surface area contributed by atoms with Gasteiger partial charge in [-0.3, -0.25) is 14.0 Å². The van der Waals surface area contributed by atoms with E-state index in [0.29, 0.717) is 24.2 Å². The molecule has 0 saturated carbocycles. The average molecular weight is 362 g/mol. The summed E-state index contributed by atoms with van der Waals surface area (Å²) in [6, 6.07) is 16.9. The molecule has 7 nitrogen and oxygen atoms in total. The third-order valence-corrected chi connectivity index (χ3v) is 4.29. The normalized spacial score (nSPS) is 11.0. The van der Waals surface area contributed by atoms with Gasteiger partial charge in [0.1, 0.15) is 6.54 Å². The summed E-state index contributed by atoms with van der Waals surface area (Å²) in [7, 11) is 0. The van der Waals surface area contributed by atoms with Crippen molar-refractivity contribution < 1.29 is 9.21 Å². The third-order valence-electron chi connectivity index (χ3n) is 4.29. The zero-order valence-electron chi connectivity index (χ0n) is 14.5. The largest absolute Gasteiger partial charge is 0.420 e. The fourth-order valence-corrected chi connectivity index (χ4v) is 2.91. The molecule has 0 atom stereocenters.